The molecule has 0 aliphatic rings. The molecule has 19 heteroatoms. The van der Waals surface area contributed by atoms with Crippen molar-refractivity contribution < 1.29 is 128 Å². The van der Waals surface area contributed by atoms with Gasteiger partial charge in [0.2, 0.25) is 0 Å². The van der Waals surface area contributed by atoms with Crippen LogP contribution in [0.2, 0.25) is 0 Å². The van der Waals surface area contributed by atoms with Crippen molar-refractivity contribution in [2.75, 3.05) is 75.4 Å². The van der Waals surface area contributed by atoms with Crippen molar-refractivity contribution in [1.82, 2.24) is 14.7 Å². The smallest absolute Gasteiger partial charge is 0.748 e. The molecule has 0 unspecified atom stereocenters. The summed E-state index contributed by atoms with van der Waals surface area (Å²) in [7, 11) is -13.7. The van der Waals surface area contributed by atoms with E-state index in [9.17, 15) is 38.9 Å². The van der Waals surface area contributed by atoms with Crippen molar-refractivity contribution in [3.05, 3.63) is 0 Å². The third-order valence-electron chi connectivity index (χ3n) is 6.29. The van der Waals surface area contributed by atoms with Gasteiger partial charge >= 0.3 is 88.7 Å². The Labute approximate surface area is 330 Å². The van der Waals surface area contributed by atoms with Gasteiger partial charge in [0.25, 0.3) is 0 Å². The fourth-order valence-electron chi connectivity index (χ4n) is 4.28. The molecular weight excluding hydrogens is 670 g/mol. The van der Waals surface area contributed by atoms with E-state index < -0.39 is 55.5 Å². The molecule has 0 heterocycles. The van der Waals surface area contributed by atoms with Crippen LogP contribution in [0.3, 0.4) is 0 Å². The van der Waals surface area contributed by atoms with Gasteiger partial charge < -0.3 is 13.7 Å². The Morgan fingerprint density at radius 1 is 0.442 bits per heavy atom. The van der Waals surface area contributed by atoms with E-state index >= 15 is 0 Å². The summed E-state index contributed by atoms with van der Waals surface area (Å²) in [6.07, 6.45) is 8.34. The summed E-state index contributed by atoms with van der Waals surface area (Å²) in [5.41, 5.74) is 0. The molecule has 0 saturated carbocycles. The largest absolute Gasteiger partial charge is 1.00 e. The third kappa shape index (κ3) is 36.2. The summed E-state index contributed by atoms with van der Waals surface area (Å²) in [6, 6.07) is 0. The van der Waals surface area contributed by atoms with Crippen molar-refractivity contribution in [2.24, 2.45) is 0 Å². The van der Waals surface area contributed by atoms with Crippen molar-refractivity contribution in [3.63, 3.8) is 0 Å². The van der Waals surface area contributed by atoms with Crippen LogP contribution in [0, 0.1) is 0 Å². The zero-order chi connectivity index (χ0) is 30.7. The molecule has 0 N–H and O–H groups in total. The molecule has 0 amide bonds. The second-order valence-corrected chi connectivity index (χ2v) is 17.1. The van der Waals surface area contributed by atoms with Crippen LogP contribution in [-0.2, 0) is 30.4 Å². The summed E-state index contributed by atoms with van der Waals surface area (Å²) in [4.78, 5) is 6.59. The number of rotatable bonds is 27. The maximum Gasteiger partial charge on any atom is 1.00 e. The van der Waals surface area contributed by atoms with Crippen LogP contribution >= 0.6 is 7.92 Å². The van der Waals surface area contributed by atoms with E-state index in [0.29, 0.717) is 38.5 Å². The predicted octanol–water partition coefficient (Wildman–Crippen LogP) is -6.54. The topological polar surface area (TPSA) is 181 Å². The van der Waals surface area contributed by atoms with Gasteiger partial charge in [-0.1, -0.05) is 48.0 Å². The van der Waals surface area contributed by atoms with Crippen molar-refractivity contribution >= 4 is 38.3 Å². The van der Waals surface area contributed by atoms with Crippen molar-refractivity contribution in [2.45, 2.75) is 78.6 Å². The molecule has 0 aromatic rings. The van der Waals surface area contributed by atoms with Gasteiger partial charge in [0.05, 0.1) is 30.4 Å². The molecule has 0 radical (unpaired) electrons. The molecule has 43 heavy (non-hydrogen) atoms. The summed E-state index contributed by atoms with van der Waals surface area (Å²) in [6.45, 7) is 9.85. The molecule has 0 fully saturated rings. The van der Waals surface area contributed by atoms with E-state index in [2.05, 4.69) is 35.5 Å². The average molecular weight is 722 g/mol. The number of nitrogens with zero attached hydrogens (tertiary/aromatic N) is 3. The first-order valence-corrected chi connectivity index (χ1v) is 20.9. The molecule has 0 spiro atoms. The summed E-state index contributed by atoms with van der Waals surface area (Å²) >= 11 is 0. The molecule has 0 aliphatic heterocycles. The predicted molar refractivity (Wildman–Crippen MR) is 159 cm³/mol. The van der Waals surface area contributed by atoms with Crippen molar-refractivity contribution in [3.8, 4) is 0 Å². The second-order valence-electron chi connectivity index (χ2n) is 10.4. The molecule has 0 atom stereocenters. The minimum Gasteiger partial charge on any atom is -0.748 e. The van der Waals surface area contributed by atoms with Crippen molar-refractivity contribution in [1.29, 1.82) is 0 Å². The maximum atomic E-state index is 11.2. The molecule has 0 bridgehead atoms. The van der Waals surface area contributed by atoms with E-state index in [1.807, 2.05) is 0 Å². The van der Waals surface area contributed by atoms with Gasteiger partial charge in [-0.2, -0.15) is 0 Å². The minimum atomic E-state index is -4.31. The summed E-state index contributed by atoms with van der Waals surface area (Å²) < 4.78 is 101. The van der Waals surface area contributed by atoms with Crippen LogP contribution in [0.1, 0.15) is 78.6 Å². The van der Waals surface area contributed by atoms with Gasteiger partial charge in [-0.15, -0.1) is 0 Å². The Hall–Kier alpha value is 3.04. The summed E-state index contributed by atoms with van der Waals surface area (Å²) in [5, 5.41) is 0. The third-order valence-corrected chi connectivity index (χ3v) is 11.1. The van der Waals surface area contributed by atoms with Crippen LogP contribution in [0.25, 0.3) is 0 Å². The molecule has 0 saturated heterocycles. The van der Waals surface area contributed by atoms with Crippen LogP contribution in [-0.4, -0.2) is 129 Å². The molecule has 0 rings (SSSR count). The van der Waals surface area contributed by atoms with Crippen LogP contribution in [0.4, 0.5) is 0 Å². The van der Waals surface area contributed by atoms with Gasteiger partial charge in [0.15, 0.2) is 0 Å². The second kappa shape index (κ2) is 29.9. The standard InChI is InChI=1S/C24H54N3O9PS3.3Na/c1-4-7-13-25(16-10-19-38(28,29)30)22-37(23-26(14-8-5-2)17-11-20-39(31,32)33)24-27(15-9-6-3)18-12-21-40(34,35)36;;;/h4-24H2,1-3H3,(H,28,29,30)(H,31,32,33)(H,34,35,36);;;/q;3*+1/p-3. The van der Waals surface area contributed by atoms with E-state index in [4.69, 9.17) is 0 Å². The van der Waals surface area contributed by atoms with E-state index in [1.165, 1.54) is 0 Å². The Morgan fingerprint density at radius 2 is 0.651 bits per heavy atom. The molecule has 12 nitrogen and oxygen atoms in total. The molecule has 242 valence electrons. The molecule has 0 aromatic carbocycles. The maximum absolute atomic E-state index is 11.2. The quantitative estimate of drug-likeness (QED) is 0.0445. The van der Waals surface area contributed by atoms with Crippen LogP contribution in [0.15, 0.2) is 0 Å². The average Bonchev–Trinajstić information content (AvgIpc) is 2.81. The van der Waals surface area contributed by atoms with E-state index in [1.54, 1.807) is 0 Å². The van der Waals surface area contributed by atoms with Gasteiger partial charge in [-0.25, -0.2) is 25.3 Å². The first-order valence-electron chi connectivity index (χ1n) is 14.3. The van der Waals surface area contributed by atoms with Gasteiger partial charge in [0, 0.05) is 36.1 Å². The van der Waals surface area contributed by atoms with Crippen LogP contribution in [0.5, 0.6) is 0 Å². The molecular formula is C24H51N3Na3O9PS3. The summed E-state index contributed by atoms with van der Waals surface area (Å²) in [5.74, 6) is -1.27. The zero-order valence-corrected chi connectivity index (χ0v) is 36.9. The monoisotopic (exact) mass is 721 g/mol. The SMILES string of the molecule is CCCCN(CCCS(=O)(=O)[O-])CP(CN(CCCC)CCCS(=O)(=O)[O-])CN(CCCC)CCCS(=O)(=O)[O-].[Na+].[Na+].[Na+]. The number of hydrogen-bond donors (Lipinski definition) is 0. The molecule has 0 aromatic heterocycles. The first kappa shape index (κ1) is 52.8. The van der Waals surface area contributed by atoms with E-state index in [0.717, 1.165) is 58.2 Å². The van der Waals surface area contributed by atoms with Gasteiger partial charge in [-0.05, 0) is 77.8 Å². The Kier molecular flexibility index (Phi) is 36.8. The number of hydrogen-bond acceptors (Lipinski definition) is 12. The minimum absolute atomic E-state index is 0. The Balaban J connectivity index is -0.00000253. The fraction of sp³-hybridized carbons (Fsp3) is 1.00. The zero-order valence-electron chi connectivity index (χ0n) is 27.5. The Bertz CT molecular complexity index is 859. The van der Waals surface area contributed by atoms with Gasteiger partial charge in [-0.3, -0.25) is 14.7 Å². The number of unbranched alkanes of at least 4 members (excludes halogenated alkanes) is 3. The Morgan fingerprint density at radius 3 is 0.837 bits per heavy atom. The van der Waals surface area contributed by atoms with Gasteiger partial charge in [0.1, 0.15) is 0 Å². The normalized spacial score (nSPS) is 12.4. The molecule has 0 aliphatic carbocycles. The fourth-order valence-corrected chi connectivity index (χ4v) is 8.54. The van der Waals surface area contributed by atoms with E-state index in [-0.39, 0.29) is 108 Å². The van der Waals surface area contributed by atoms with Crippen LogP contribution < -0.4 is 88.7 Å². The first-order chi connectivity index (χ1) is 18.6.